The van der Waals surface area contributed by atoms with E-state index in [0.717, 1.165) is 0 Å². The fraction of sp³-hybridized carbons (Fsp3) is 0.714. The van der Waals surface area contributed by atoms with Crippen LogP contribution in [0, 0.1) is 5.41 Å². The first-order chi connectivity index (χ1) is 3.87. The molecule has 0 heterocycles. The Morgan fingerprint density at radius 2 is 2.38 bits per heavy atom. The third-order valence-electron chi connectivity index (χ3n) is 2.28. The molecule has 0 aromatic rings. The molecule has 2 rings (SSSR count). The van der Waals surface area contributed by atoms with Crippen LogP contribution >= 0.6 is 0 Å². The lowest BCUT2D eigenvalue weighted by Gasteiger charge is -1.74. The Kier molecular flexibility index (Phi) is 0.662. The van der Waals surface area contributed by atoms with Gasteiger partial charge in [-0.25, -0.2) is 0 Å². The van der Waals surface area contributed by atoms with Crippen LogP contribution in [-0.2, 0) is 0 Å². The van der Waals surface area contributed by atoms with E-state index in [9.17, 15) is 0 Å². The molecule has 2 aliphatic rings. The highest BCUT2D eigenvalue weighted by Crippen LogP contribution is 2.70. The molecule has 2 aliphatic carbocycles. The molecule has 1 heteroatoms. The van der Waals surface area contributed by atoms with Crippen molar-refractivity contribution >= 4 is 0 Å². The Balaban J connectivity index is 2.05. The Hall–Kier alpha value is -0.300. The normalized spacial score (nSPS) is 33.9. The van der Waals surface area contributed by atoms with Crippen molar-refractivity contribution in [2.24, 2.45) is 5.41 Å². The van der Waals surface area contributed by atoms with E-state index in [-0.39, 0.29) is 6.61 Å². The van der Waals surface area contributed by atoms with Gasteiger partial charge in [-0.3, -0.25) is 0 Å². The van der Waals surface area contributed by atoms with Crippen molar-refractivity contribution in [2.45, 2.75) is 19.3 Å². The van der Waals surface area contributed by atoms with Crippen LogP contribution in [0.1, 0.15) is 19.3 Å². The Labute approximate surface area is 49.0 Å². The fourth-order valence-electron chi connectivity index (χ4n) is 1.37. The Morgan fingerprint density at radius 3 is 2.75 bits per heavy atom. The summed E-state index contributed by atoms with van der Waals surface area (Å²) in [5, 5.41) is 8.46. The molecule has 0 aromatic heterocycles. The molecule has 8 heavy (non-hydrogen) atoms. The molecule has 2 saturated carbocycles. The maximum atomic E-state index is 8.46. The summed E-state index contributed by atoms with van der Waals surface area (Å²) < 4.78 is 0. The van der Waals surface area contributed by atoms with Gasteiger partial charge < -0.3 is 5.11 Å². The summed E-state index contributed by atoms with van der Waals surface area (Å²) in [6.45, 7) is 0.247. The van der Waals surface area contributed by atoms with Gasteiger partial charge in [0.05, 0.1) is 6.61 Å². The molecule has 0 aliphatic heterocycles. The highest BCUT2D eigenvalue weighted by atomic mass is 16.2. The van der Waals surface area contributed by atoms with Crippen LogP contribution in [0.5, 0.6) is 0 Å². The van der Waals surface area contributed by atoms with Crippen molar-refractivity contribution in [1.29, 1.82) is 0 Å². The molecule has 1 nitrogen and oxygen atoms in total. The zero-order valence-corrected chi connectivity index (χ0v) is 4.85. The molecule has 1 N–H and O–H groups in total. The molecule has 0 unspecified atom stereocenters. The monoisotopic (exact) mass is 110 g/mol. The summed E-state index contributed by atoms with van der Waals surface area (Å²) in [4.78, 5) is 0. The quantitative estimate of drug-likeness (QED) is 0.501. The summed E-state index contributed by atoms with van der Waals surface area (Å²) in [7, 11) is 0. The van der Waals surface area contributed by atoms with Crippen LogP contribution in [0.2, 0.25) is 0 Å². The molecule has 0 radical (unpaired) electrons. The first kappa shape index (κ1) is 4.57. The van der Waals surface area contributed by atoms with Gasteiger partial charge in [0.1, 0.15) is 0 Å². The predicted molar refractivity (Wildman–Crippen MR) is 31.5 cm³/mol. The van der Waals surface area contributed by atoms with Gasteiger partial charge in [0.25, 0.3) is 0 Å². The molecular formula is C7H10O. The third-order valence-corrected chi connectivity index (χ3v) is 2.28. The summed E-state index contributed by atoms with van der Waals surface area (Å²) >= 11 is 0. The topological polar surface area (TPSA) is 20.2 Å². The fourth-order valence-corrected chi connectivity index (χ4v) is 1.37. The van der Waals surface area contributed by atoms with E-state index in [1.807, 2.05) is 6.08 Å². The zero-order chi connectivity index (χ0) is 5.61. The van der Waals surface area contributed by atoms with E-state index in [2.05, 4.69) is 0 Å². The van der Waals surface area contributed by atoms with Crippen LogP contribution in [0.25, 0.3) is 0 Å². The van der Waals surface area contributed by atoms with Crippen LogP contribution in [0.15, 0.2) is 11.6 Å². The second kappa shape index (κ2) is 1.16. The van der Waals surface area contributed by atoms with Gasteiger partial charge in [-0.05, 0) is 24.7 Å². The van der Waals surface area contributed by atoms with E-state index in [1.165, 1.54) is 24.8 Å². The summed E-state index contributed by atoms with van der Waals surface area (Å²) in [5.41, 5.74) is 2.18. The zero-order valence-electron chi connectivity index (χ0n) is 4.85. The standard InChI is InChI=1S/C7H10O/c8-4-1-6-5-7(6)2-3-7/h1,8H,2-5H2. The maximum Gasteiger partial charge on any atom is 0.0615 e. The van der Waals surface area contributed by atoms with Gasteiger partial charge in [-0.1, -0.05) is 11.6 Å². The van der Waals surface area contributed by atoms with Gasteiger partial charge in [0.15, 0.2) is 0 Å². The van der Waals surface area contributed by atoms with E-state index in [0.29, 0.717) is 5.41 Å². The molecule has 0 saturated heterocycles. The first-order valence-electron chi connectivity index (χ1n) is 3.18. The van der Waals surface area contributed by atoms with Gasteiger partial charge in [-0.2, -0.15) is 0 Å². The minimum atomic E-state index is 0.247. The van der Waals surface area contributed by atoms with Crippen molar-refractivity contribution in [3.63, 3.8) is 0 Å². The Bertz CT molecular complexity index is 142. The number of aliphatic hydroxyl groups excluding tert-OH is 1. The molecular weight excluding hydrogens is 100 g/mol. The van der Waals surface area contributed by atoms with E-state index in [4.69, 9.17) is 5.11 Å². The molecule has 0 bridgehead atoms. The smallest absolute Gasteiger partial charge is 0.0615 e. The van der Waals surface area contributed by atoms with Crippen molar-refractivity contribution in [3.8, 4) is 0 Å². The second-order valence-electron chi connectivity index (χ2n) is 2.87. The van der Waals surface area contributed by atoms with E-state index >= 15 is 0 Å². The van der Waals surface area contributed by atoms with Crippen LogP contribution in [-0.4, -0.2) is 11.7 Å². The van der Waals surface area contributed by atoms with E-state index < -0.39 is 0 Å². The summed E-state index contributed by atoms with van der Waals surface area (Å²) in [6.07, 6.45) is 6.03. The molecule has 44 valence electrons. The lowest BCUT2D eigenvalue weighted by atomic mass is 10.4. The van der Waals surface area contributed by atoms with E-state index in [1.54, 1.807) is 0 Å². The average Bonchev–Trinajstić information content (AvgIpc) is 2.57. The molecule has 0 amide bonds. The number of aliphatic hydroxyl groups is 1. The largest absolute Gasteiger partial charge is 0.392 e. The van der Waals surface area contributed by atoms with Crippen molar-refractivity contribution < 1.29 is 5.11 Å². The highest BCUT2D eigenvalue weighted by molar-refractivity contribution is 5.39. The first-order valence-corrected chi connectivity index (χ1v) is 3.18. The third kappa shape index (κ3) is 0.451. The Morgan fingerprint density at radius 1 is 1.62 bits per heavy atom. The summed E-state index contributed by atoms with van der Waals surface area (Å²) in [5.74, 6) is 0. The highest BCUT2D eigenvalue weighted by Gasteiger charge is 2.57. The van der Waals surface area contributed by atoms with Crippen LogP contribution in [0.3, 0.4) is 0 Å². The molecule has 0 atom stereocenters. The van der Waals surface area contributed by atoms with Gasteiger partial charge >= 0.3 is 0 Å². The molecule has 2 fully saturated rings. The number of hydrogen-bond donors (Lipinski definition) is 1. The second-order valence-corrected chi connectivity index (χ2v) is 2.87. The average molecular weight is 110 g/mol. The minimum absolute atomic E-state index is 0.247. The number of hydrogen-bond acceptors (Lipinski definition) is 1. The van der Waals surface area contributed by atoms with Crippen LogP contribution in [0.4, 0.5) is 0 Å². The minimum Gasteiger partial charge on any atom is -0.392 e. The molecule has 0 aromatic carbocycles. The van der Waals surface area contributed by atoms with Crippen molar-refractivity contribution in [3.05, 3.63) is 11.6 Å². The summed E-state index contributed by atoms with van der Waals surface area (Å²) in [6, 6.07) is 0. The SMILES string of the molecule is OCC=C1CC12CC2. The van der Waals surface area contributed by atoms with Crippen LogP contribution < -0.4 is 0 Å². The maximum absolute atomic E-state index is 8.46. The van der Waals surface area contributed by atoms with Crippen molar-refractivity contribution in [1.82, 2.24) is 0 Å². The predicted octanol–water partition coefficient (Wildman–Crippen LogP) is 1.09. The number of allylic oxidation sites excluding steroid dienone is 1. The lowest BCUT2D eigenvalue weighted by Crippen LogP contribution is -1.70. The van der Waals surface area contributed by atoms with Crippen molar-refractivity contribution in [2.75, 3.05) is 6.61 Å². The van der Waals surface area contributed by atoms with Gasteiger partial charge in [0, 0.05) is 0 Å². The molecule has 1 spiro atoms. The van der Waals surface area contributed by atoms with Gasteiger partial charge in [-0.15, -0.1) is 0 Å². The van der Waals surface area contributed by atoms with Gasteiger partial charge in [0.2, 0.25) is 0 Å². The lowest BCUT2D eigenvalue weighted by molar-refractivity contribution is 0.342. The number of rotatable bonds is 1.